The normalized spacial score (nSPS) is 11.2. The molecule has 0 unspecified atom stereocenters. The summed E-state index contributed by atoms with van der Waals surface area (Å²) in [5.41, 5.74) is 4.55. The van der Waals surface area contributed by atoms with E-state index in [0.717, 1.165) is 24.2 Å². The van der Waals surface area contributed by atoms with Crippen molar-refractivity contribution in [2.75, 3.05) is 13.2 Å². The van der Waals surface area contributed by atoms with E-state index in [9.17, 15) is 4.79 Å². The highest BCUT2D eigenvalue weighted by Gasteiger charge is 2.09. The number of nitrogens with zero attached hydrogens (tertiary/aromatic N) is 1. The minimum Gasteiger partial charge on any atom is -0.490 e. The number of hydrogen-bond acceptors (Lipinski definition) is 4. The summed E-state index contributed by atoms with van der Waals surface area (Å²) in [7, 11) is 0. The van der Waals surface area contributed by atoms with Crippen molar-refractivity contribution >= 4 is 11.6 Å². The Bertz CT molecular complexity index is 709. The zero-order chi connectivity index (χ0) is 18.1. The van der Waals surface area contributed by atoms with Crippen LogP contribution in [0.15, 0.2) is 41.6 Å². The van der Waals surface area contributed by atoms with Crippen molar-refractivity contribution in [2.24, 2.45) is 5.10 Å². The zero-order valence-electron chi connectivity index (χ0n) is 15.0. The number of carbonyl (C=O) groups excluding carboxylic acids is 1. The Balaban J connectivity index is 2.13. The topological polar surface area (TPSA) is 75.7 Å². The van der Waals surface area contributed by atoms with Crippen molar-refractivity contribution in [1.29, 1.82) is 0 Å². The molecule has 6 heteroatoms. The number of H-pyrrole nitrogens is 1. The molecule has 0 saturated carbocycles. The van der Waals surface area contributed by atoms with E-state index in [4.69, 9.17) is 9.47 Å². The number of aromatic amines is 1. The van der Waals surface area contributed by atoms with Gasteiger partial charge in [-0.2, -0.15) is 5.10 Å². The second-order valence-electron chi connectivity index (χ2n) is 5.58. The second kappa shape index (κ2) is 9.52. The molecule has 0 fully saturated rings. The maximum atomic E-state index is 11.9. The average Bonchev–Trinajstić information content (AvgIpc) is 3.17. The van der Waals surface area contributed by atoms with Gasteiger partial charge in [0.25, 0.3) is 5.91 Å². The van der Waals surface area contributed by atoms with Crippen LogP contribution in [0.5, 0.6) is 11.5 Å². The third-order valence-electron chi connectivity index (χ3n) is 3.45. The van der Waals surface area contributed by atoms with E-state index in [1.165, 1.54) is 0 Å². The number of amides is 1. The molecule has 1 amide bonds. The largest absolute Gasteiger partial charge is 0.490 e. The summed E-state index contributed by atoms with van der Waals surface area (Å²) in [6, 6.07) is 9.13. The minimum atomic E-state index is -0.283. The maximum Gasteiger partial charge on any atom is 0.287 e. The molecule has 0 aliphatic carbocycles. The van der Waals surface area contributed by atoms with Gasteiger partial charge in [0.15, 0.2) is 11.5 Å². The summed E-state index contributed by atoms with van der Waals surface area (Å²) in [6.07, 6.45) is 3.54. The van der Waals surface area contributed by atoms with E-state index in [1.54, 1.807) is 18.3 Å². The van der Waals surface area contributed by atoms with Gasteiger partial charge < -0.3 is 14.5 Å². The lowest BCUT2D eigenvalue weighted by atomic mass is 10.1. The van der Waals surface area contributed by atoms with Gasteiger partial charge in [0, 0.05) is 11.8 Å². The number of aromatic nitrogens is 1. The van der Waals surface area contributed by atoms with Crippen molar-refractivity contribution in [2.45, 2.75) is 33.6 Å². The predicted octanol–water partition coefficient (Wildman–Crippen LogP) is 3.75. The van der Waals surface area contributed by atoms with Crippen molar-refractivity contribution in [1.82, 2.24) is 10.4 Å². The van der Waals surface area contributed by atoms with Crippen LogP contribution in [0.1, 0.15) is 49.7 Å². The van der Waals surface area contributed by atoms with Gasteiger partial charge in [0.2, 0.25) is 0 Å². The van der Waals surface area contributed by atoms with Crippen LogP contribution in [-0.4, -0.2) is 29.8 Å². The van der Waals surface area contributed by atoms with Gasteiger partial charge in [-0.1, -0.05) is 13.8 Å². The van der Waals surface area contributed by atoms with Gasteiger partial charge in [-0.15, -0.1) is 0 Å². The summed E-state index contributed by atoms with van der Waals surface area (Å²) < 4.78 is 11.5. The highest BCUT2D eigenvalue weighted by atomic mass is 16.5. The molecule has 0 radical (unpaired) electrons. The average molecular weight is 343 g/mol. The Hall–Kier alpha value is -2.76. The van der Waals surface area contributed by atoms with Crippen LogP contribution >= 0.6 is 0 Å². The van der Waals surface area contributed by atoms with Gasteiger partial charge >= 0.3 is 0 Å². The standard InChI is InChI=1S/C19H25N3O3/c1-4-11-24-17-9-8-15(13-18(17)25-12-5-2)14(3)21-22-19(23)16-7-6-10-20-16/h6-10,13,20H,4-5,11-12H2,1-3H3,(H,22,23)/b21-14-. The fourth-order valence-electron chi connectivity index (χ4n) is 2.12. The SMILES string of the molecule is CCCOc1ccc(/C(C)=N\NC(=O)c2ccc[nH]2)cc1OCCC. The Morgan fingerprint density at radius 3 is 2.48 bits per heavy atom. The Morgan fingerprint density at radius 2 is 1.84 bits per heavy atom. The summed E-state index contributed by atoms with van der Waals surface area (Å²) in [4.78, 5) is 14.8. The zero-order valence-corrected chi connectivity index (χ0v) is 15.0. The lowest BCUT2D eigenvalue weighted by molar-refractivity contribution is 0.0950. The monoisotopic (exact) mass is 343 g/mol. The van der Waals surface area contributed by atoms with Crippen LogP contribution in [-0.2, 0) is 0 Å². The van der Waals surface area contributed by atoms with Gasteiger partial charge in [0.1, 0.15) is 5.69 Å². The van der Waals surface area contributed by atoms with Crippen molar-refractivity contribution < 1.29 is 14.3 Å². The molecule has 1 heterocycles. The first-order chi connectivity index (χ1) is 12.2. The minimum absolute atomic E-state index is 0.283. The molecule has 6 nitrogen and oxygen atoms in total. The van der Waals surface area contributed by atoms with Crippen LogP contribution < -0.4 is 14.9 Å². The highest BCUT2D eigenvalue weighted by molar-refractivity contribution is 6.00. The van der Waals surface area contributed by atoms with Crippen molar-refractivity contribution in [3.05, 3.63) is 47.8 Å². The molecule has 0 spiro atoms. The van der Waals surface area contributed by atoms with E-state index in [1.807, 2.05) is 25.1 Å². The molecule has 0 aliphatic rings. The van der Waals surface area contributed by atoms with Crippen LogP contribution in [0, 0.1) is 0 Å². The number of carbonyl (C=O) groups is 1. The first kappa shape index (κ1) is 18.6. The number of hydrogen-bond donors (Lipinski definition) is 2. The van der Waals surface area contributed by atoms with Crippen molar-refractivity contribution in [3.63, 3.8) is 0 Å². The first-order valence-corrected chi connectivity index (χ1v) is 8.53. The lowest BCUT2D eigenvalue weighted by Crippen LogP contribution is -2.19. The van der Waals surface area contributed by atoms with E-state index >= 15 is 0 Å². The fraction of sp³-hybridized carbons (Fsp3) is 0.368. The van der Waals surface area contributed by atoms with Crippen molar-refractivity contribution in [3.8, 4) is 11.5 Å². The number of hydrazone groups is 1. The summed E-state index contributed by atoms with van der Waals surface area (Å²) in [5.74, 6) is 1.13. The van der Waals surface area contributed by atoms with E-state index in [2.05, 4.69) is 29.4 Å². The predicted molar refractivity (Wildman–Crippen MR) is 98.5 cm³/mol. The molecule has 2 rings (SSSR count). The molecular formula is C19H25N3O3. The summed E-state index contributed by atoms with van der Waals surface area (Å²) in [5, 5.41) is 4.16. The molecule has 0 aliphatic heterocycles. The molecule has 0 bridgehead atoms. The molecule has 134 valence electrons. The van der Waals surface area contributed by atoms with E-state index < -0.39 is 0 Å². The lowest BCUT2D eigenvalue weighted by Gasteiger charge is -2.13. The second-order valence-corrected chi connectivity index (χ2v) is 5.58. The van der Waals surface area contributed by atoms with Crippen LogP contribution in [0.2, 0.25) is 0 Å². The van der Waals surface area contributed by atoms with Crippen LogP contribution in [0.25, 0.3) is 0 Å². The third kappa shape index (κ3) is 5.38. The Labute approximate surface area is 148 Å². The van der Waals surface area contributed by atoms with Crippen LogP contribution in [0.3, 0.4) is 0 Å². The molecule has 1 aromatic heterocycles. The van der Waals surface area contributed by atoms with E-state index in [-0.39, 0.29) is 5.91 Å². The smallest absolute Gasteiger partial charge is 0.287 e. The fourth-order valence-corrected chi connectivity index (χ4v) is 2.12. The molecule has 25 heavy (non-hydrogen) atoms. The molecule has 0 atom stereocenters. The van der Waals surface area contributed by atoms with Gasteiger partial charge in [-0.3, -0.25) is 4.79 Å². The molecule has 2 N–H and O–H groups in total. The summed E-state index contributed by atoms with van der Waals surface area (Å²) in [6.45, 7) is 7.21. The molecule has 1 aromatic carbocycles. The number of nitrogens with one attached hydrogen (secondary N) is 2. The summed E-state index contributed by atoms with van der Waals surface area (Å²) >= 11 is 0. The Morgan fingerprint density at radius 1 is 1.12 bits per heavy atom. The molecule has 2 aromatic rings. The van der Waals surface area contributed by atoms with Gasteiger partial charge in [-0.05, 0) is 50.1 Å². The number of rotatable bonds is 9. The highest BCUT2D eigenvalue weighted by Crippen LogP contribution is 2.29. The van der Waals surface area contributed by atoms with Gasteiger partial charge in [-0.25, -0.2) is 5.43 Å². The number of ether oxygens (including phenoxy) is 2. The van der Waals surface area contributed by atoms with E-state index in [0.29, 0.717) is 30.4 Å². The Kier molecular flexibility index (Phi) is 7.07. The quantitative estimate of drug-likeness (QED) is 0.538. The molecular weight excluding hydrogens is 318 g/mol. The van der Waals surface area contributed by atoms with Gasteiger partial charge in [0.05, 0.1) is 18.9 Å². The maximum absolute atomic E-state index is 11.9. The van der Waals surface area contributed by atoms with Crippen LogP contribution in [0.4, 0.5) is 0 Å². The molecule has 0 saturated heterocycles. The number of benzene rings is 1. The first-order valence-electron chi connectivity index (χ1n) is 8.53. The third-order valence-corrected chi connectivity index (χ3v) is 3.45.